The minimum absolute atomic E-state index is 0.0936. The lowest BCUT2D eigenvalue weighted by atomic mass is 9.74. The summed E-state index contributed by atoms with van der Waals surface area (Å²) in [5.41, 5.74) is -4.84. The standard InChI is InChI=1S/C37H67NO13/c1-14-25-37(10,45)30(41)20(4)27(39)18(2)16-35(8,44)32(51-34-28(40)24(38(11)12)15-19(3)47-34)21(5)29(22(6)33(43)49-25)50-26-17-36(9,46-13)31(42)23(7)48-26/h18-26,28-32,34,40-42,44-45H,14-17H2,1-13H3/t18-,19+,20?,21+,22+,23-,24-,25?,26-,28+,29+,30+,31-,32-,34-,35-,36+,37?/m0/s1. The van der Waals surface area contributed by atoms with Crippen LogP contribution in [-0.2, 0) is 38.0 Å². The number of carbonyl (C=O) groups excluding carboxylic acids is 2. The molecule has 0 amide bonds. The summed E-state index contributed by atoms with van der Waals surface area (Å²) in [6, 6.07) is -0.324. The van der Waals surface area contributed by atoms with Crippen molar-refractivity contribution in [3.63, 3.8) is 0 Å². The molecule has 3 unspecified atom stereocenters. The zero-order valence-corrected chi connectivity index (χ0v) is 32.9. The molecule has 0 aromatic carbocycles. The minimum Gasteiger partial charge on any atom is -0.459 e. The maximum atomic E-state index is 14.1. The number of methoxy groups -OCH3 is 1. The number of Topliss-reactive ketones (excluding diaryl/α,β-unsaturated/α-hetero) is 1. The van der Waals surface area contributed by atoms with Crippen LogP contribution in [0.2, 0.25) is 0 Å². The van der Waals surface area contributed by atoms with Crippen LogP contribution in [0.15, 0.2) is 0 Å². The summed E-state index contributed by atoms with van der Waals surface area (Å²) in [6.07, 6.45) is -9.71. The number of aliphatic hydroxyl groups excluding tert-OH is 3. The normalized spacial score (nSPS) is 49.7. The smallest absolute Gasteiger partial charge is 0.311 e. The van der Waals surface area contributed by atoms with Crippen LogP contribution in [0.25, 0.3) is 0 Å². The summed E-state index contributed by atoms with van der Waals surface area (Å²) in [6.45, 7) is 16.3. The van der Waals surface area contributed by atoms with Crippen molar-refractivity contribution in [3.05, 3.63) is 0 Å². The van der Waals surface area contributed by atoms with E-state index in [-0.39, 0.29) is 31.4 Å². The highest BCUT2D eigenvalue weighted by Gasteiger charge is 2.53. The lowest BCUT2D eigenvalue weighted by molar-refractivity contribution is -0.318. The average molecular weight is 734 g/mol. The van der Waals surface area contributed by atoms with E-state index in [9.17, 15) is 35.1 Å². The fourth-order valence-corrected chi connectivity index (χ4v) is 8.41. The van der Waals surface area contributed by atoms with Gasteiger partial charge in [0.1, 0.15) is 29.7 Å². The van der Waals surface area contributed by atoms with Crippen molar-refractivity contribution >= 4 is 11.8 Å². The van der Waals surface area contributed by atoms with E-state index < -0.39 is 108 Å². The van der Waals surface area contributed by atoms with Gasteiger partial charge in [-0.3, -0.25) is 9.59 Å². The van der Waals surface area contributed by atoms with E-state index in [0.29, 0.717) is 6.42 Å². The molecule has 3 aliphatic heterocycles. The van der Waals surface area contributed by atoms with E-state index in [2.05, 4.69) is 0 Å². The number of ketones is 1. The molecular weight excluding hydrogens is 666 g/mol. The first kappa shape index (κ1) is 44.1. The number of esters is 1. The number of likely N-dealkylation sites (N-methyl/N-ethyl adjacent to an activating group) is 1. The maximum Gasteiger partial charge on any atom is 0.311 e. The van der Waals surface area contributed by atoms with Gasteiger partial charge < -0.3 is 58.9 Å². The van der Waals surface area contributed by atoms with E-state index >= 15 is 0 Å². The first-order chi connectivity index (χ1) is 23.4. The van der Waals surface area contributed by atoms with E-state index in [0.717, 1.165) is 0 Å². The van der Waals surface area contributed by atoms with Crippen molar-refractivity contribution < 1.29 is 63.5 Å². The predicted octanol–water partition coefficient (Wildman–Crippen LogP) is 1.79. The van der Waals surface area contributed by atoms with Crippen molar-refractivity contribution in [2.45, 2.75) is 179 Å². The summed E-state index contributed by atoms with van der Waals surface area (Å²) >= 11 is 0. The number of ether oxygens (including phenoxy) is 6. The zero-order chi connectivity index (χ0) is 39.0. The Morgan fingerprint density at radius 2 is 1.49 bits per heavy atom. The second-order valence-corrected chi connectivity index (χ2v) is 16.5. The highest BCUT2D eigenvalue weighted by molar-refractivity contribution is 5.83. The van der Waals surface area contributed by atoms with Crippen molar-refractivity contribution in [2.24, 2.45) is 23.7 Å². The lowest BCUT2D eigenvalue weighted by Gasteiger charge is -2.49. The van der Waals surface area contributed by atoms with Crippen molar-refractivity contribution in [3.8, 4) is 0 Å². The van der Waals surface area contributed by atoms with Gasteiger partial charge in [-0.15, -0.1) is 0 Å². The third-order valence-electron chi connectivity index (χ3n) is 11.8. The second kappa shape index (κ2) is 17.0. The molecular formula is C37H67NO13. The molecule has 3 fully saturated rings. The maximum absolute atomic E-state index is 14.1. The van der Waals surface area contributed by atoms with Gasteiger partial charge >= 0.3 is 5.97 Å². The molecule has 3 aliphatic rings. The Morgan fingerprint density at radius 3 is 2.04 bits per heavy atom. The largest absolute Gasteiger partial charge is 0.459 e. The molecule has 0 saturated carbocycles. The average Bonchev–Trinajstić information content (AvgIpc) is 3.05. The fraction of sp³-hybridized carbons (Fsp3) is 0.946. The van der Waals surface area contributed by atoms with Crippen molar-refractivity contribution in [1.82, 2.24) is 4.90 Å². The molecule has 14 nitrogen and oxygen atoms in total. The second-order valence-electron chi connectivity index (χ2n) is 16.5. The van der Waals surface area contributed by atoms with Crippen LogP contribution in [-0.4, -0.2) is 148 Å². The van der Waals surface area contributed by atoms with Crippen LogP contribution in [0.5, 0.6) is 0 Å². The predicted molar refractivity (Wildman–Crippen MR) is 186 cm³/mol. The van der Waals surface area contributed by atoms with Gasteiger partial charge in [-0.1, -0.05) is 27.7 Å². The van der Waals surface area contributed by atoms with Crippen LogP contribution in [0, 0.1) is 23.7 Å². The van der Waals surface area contributed by atoms with Crippen LogP contribution in [0.1, 0.15) is 94.9 Å². The molecule has 5 N–H and O–H groups in total. The highest BCUT2D eigenvalue weighted by atomic mass is 16.7. The Hall–Kier alpha value is -1.30. The van der Waals surface area contributed by atoms with E-state index in [1.807, 2.05) is 25.9 Å². The van der Waals surface area contributed by atoms with Crippen LogP contribution >= 0.6 is 0 Å². The van der Waals surface area contributed by atoms with Gasteiger partial charge in [0.05, 0.1) is 47.6 Å². The third kappa shape index (κ3) is 9.51. The van der Waals surface area contributed by atoms with Gasteiger partial charge in [0, 0.05) is 37.3 Å². The first-order valence-corrected chi connectivity index (χ1v) is 18.5. The highest BCUT2D eigenvalue weighted by Crippen LogP contribution is 2.40. The third-order valence-corrected chi connectivity index (χ3v) is 11.8. The Bertz CT molecular complexity index is 1170. The Kier molecular flexibility index (Phi) is 14.7. The summed E-state index contributed by atoms with van der Waals surface area (Å²) in [7, 11) is 5.18. The summed E-state index contributed by atoms with van der Waals surface area (Å²) < 4.78 is 37.1. The summed E-state index contributed by atoms with van der Waals surface area (Å²) in [4.78, 5) is 29.8. The van der Waals surface area contributed by atoms with Gasteiger partial charge in [0.25, 0.3) is 0 Å². The molecule has 0 radical (unpaired) electrons. The molecule has 0 aromatic heterocycles. The lowest BCUT2D eigenvalue weighted by Crippen LogP contribution is -2.61. The Labute approximate surface area is 304 Å². The minimum atomic E-state index is -1.99. The molecule has 3 heterocycles. The monoisotopic (exact) mass is 733 g/mol. The fourth-order valence-electron chi connectivity index (χ4n) is 8.41. The topological polar surface area (TPSA) is 194 Å². The molecule has 3 saturated heterocycles. The number of aliphatic hydroxyl groups is 5. The van der Waals surface area contributed by atoms with Crippen molar-refractivity contribution in [2.75, 3.05) is 21.2 Å². The van der Waals surface area contributed by atoms with E-state index in [1.54, 1.807) is 41.5 Å². The molecule has 298 valence electrons. The van der Waals surface area contributed by atoms with Gasteiger partial charge in [0.2, 0.25) is 0 Å². The molecule has 51 heavy (non-hydrogen) atoms. The molecule has 0 aliphatic carbocycles. The van der Waals surface area contributed by atoms with Crippen LogP contribution < -0.4 is 0 Å². The van der Waals surface area contributed by atoms with Gasteiger partial charge in [-0.05, 0) is 74.9 Å². The summed E-state index contributed by atoms with van der Waals surface area (Å²) in [5, 5.41) is 57.6. The molecule has 18 atom stereocenters. The first-order valence-electron chi connectivity index (χ1n) is 18.5. The van der Waals surface area contributed by atoms with Gasteiger partial charge in [0.15, 0.2) is 12.6 Å². The number of hydrogen-bond donors (Lipinski definition) is 5. The Morgan fingerprint density at radius 1 is 0.882 bits per heavy atom. The Balaban J connectivity index is 2.18. The number of nitrogens with zero attached hydrogens (tertiary/aromatic N) is 1. The summed E-state index contributed by atoms with van der Waals surface area (Å²) in [5.74, 6) is -4.98. The van der Waals surface area contributed by atoms with Crippen LogP contribution in [0.3, 0.4) is 0 Å². The molecule has 14 heteroatoms. The number of rotatable bonds is 7. The molecule has 0 bridgehead atoms. The van der Waals surface area contributed by atoms with E-state index in [4.69, 9.17) is 28.4 Å². The molecule has 3 rings (SSSR count). The van der Waals surface area contributed by atoms with Gasteiger partial charge in [-0.25, -0.2) is 0 Å². The number of cyclic esters (lactones) is 1. The van der Waals surface area contributed by atoms with E-state index in [1.165, 1.54) is 27.9 Å². The zero-order valence-electron chi connectivity index (χ0n) is 32.9. The van der Waals surface area contributed by atoms with Gasteiger partial charge in [-0.2, -0.15) is 0 Å². The molecule has 0 spiro atoms. The quantitative estimate of drug-likeness (QED) is 0.238. The number of hydrogen-bond acceptors (Lipinski definition) is 14. The van der Waals surface area contributed by atoms with Crippen molar-refractivity contribution in [1.29, 1.82) is 0 Å². The SMILES string of the molecule is CCC1OC(=O)[C@H](C)[C@H](O[C@H]2C[C@@](C)(OC)[C@@H](O)[C@H](C)O2)[C@@H](C)[C@H](O[C@@H]2O[C@H](C)C[C@H](N(C)C)[C@H]2O)[C@@](C)(O)C[C@H](C)C(=O)C(C)[C@@H](O)C1(C)O. The molecule has 0 aromatic rings. The van der Waals surface area contributed by atoms with Crippen LogP contribution in [0.4, 0.5) is 0 Å². The number of carbonyl (C=O) groups is 2.